The molecule has 1 unspecified atom stereocenters. The highest BCUT2D eigenvalue weighted by Gasteiger charge is 2.37. The molecule has 0 aliphatic carbocycles. The zero-order valence-electron chi connectivity index (χ0n) is 12.2. The van der Waals surface area contributed by atoms with Gasteiger partial charge >= 0.3 is 7.60 Å². The molecule has 142 valence electrons. The third-order valence-electron chi connectivity index (χ3n) is 3.35. The van der Waals surface area contributed by atoms with Crippen molar-refractivity contribution in [3.8, 4) is 0 Å². The van der Waals surface area contributed by atoms with E-state index < -0.39 is 28.3 Å². The van der Waals surface area contributed by atoms with Crippen LogP contribution < -0.4 is 0 Å². The highest BCUT2D eigenvalue weighted by molar-refractivity contribution is 7.85. The molecule has 6 nitrogen and oxygen atoms in total. The van der Waals surface area contributed by atoms with E-state index >= 15 is 0 Å². The Bertz CT molecular complexity index is 989. The van der Waals surface area contributed by atoms with Crippen molar-refractivity contribution in [1.29, 1.82) is 0 Å². The van der Waals surface area contributed by atoms with E-state index in [1.165, 1.54) is 0 Å². The molecule has 0 spiro atoms. The zero-order valence-corrected chi connectivity index (χ0v) is 17.7. The molecular weight excluding hydrogens is 492 g/mol. The summed E-state index contributed by atoms with van der Waals surface area (Å²) in [6.07, 6.45) is 0. The summed E-state index contributed by atoms with van der Waals surface area (Å²) in [7, 11) is -9.41. The molecule has 0 saturated carbocycles. The number of hydrogen-bond donors (Lipinski definition) is 3. The first-order chi connectivity index (χ1) is 11.8. The van der Waals surface area contributed by atoms with Crippen LogP contribution in [0.3, 0.4) is 0 Å². The summed E-state index contributed by atoms with van der Waals surface area (Å²) in [4.78, 5) is 19.2. The Morgan fingerprint density at radius 3 is 1.54 bits per heavy atom. The fraction of sp³-hybridized carbons (Fsp3) is 0.0769. The van der Waals surface area contributed by atoms with Gasteiger partial charge in [-0.05, 0) is 17.7 Å². The molecule has 26 heavy (non-hydrogen) atoms. The molecule has 0 saturated heterocycles. The smallest absolute Gasteiger partial charge is 0.324 e. The van der Waals surface area contributed by atoms with Crippen LogP contribution in [0.4, 0.5) is 0 Å². The quantitative estimate of drug-likeness (QED) is 0.222. The van der Waals surface area contributed by atoms with Crippen LogP contribution in [-0.2, 0) is 14.7 Å². The normalized spacial score (nSPS) is 13.7. The van der Waals surface area contributed by atoms with Crippen LogP contribution in [0.15, 0.2) is 29.2 Å². The maximum atomic E-state index is 12.1. The van der Waals surface area contributed by atoms with Crippen molar-refractivity contribution in [2.24, 2.45) is 0 Å². The predicted molar refractivity (Wildman–Crippen MR) is 102 cm³/mol. The van der Waals surface area contributed by atoms with Crippen LogP contribution in [0, 0.1) is 0 Å². The van der Waals surface area contributed by atoms with E-state index in [0.29, 0.717) is 0 Å². The van der Waals surface area contributed by atoms with Gasteiger partial charge in [-0.1, -0.05) is 70.1 Å². The van der Waals surface area contributed by atoms with Gasteiger partial charge in [-0.25, -0.2) is 0 Å². The lowest BCUT2D eigenvalue weighted by molar-refractivity contribution is 0.364. The van der Waals surface area contributed by atoms with Gasteiger partial charge in [0.1, 0.15) is 5.66 Å². The first-order valence-electron chi connectivity index (χ1n) is 6.40. The number of hydrogen-bond acceptors (Lipinski definition) is 3. The zero-order chi connectivity index (χ0) is 20.0. The molecule has 0 aliphatic rings. The summed E-state index contributed by atoms with van der Waals surface area (Å²) in [6, 6.07) is 4.12. The van der Waals surface area contributed by atoms with Gasteiger partial charge < -0.3 is 9.79 Å². The van der Waals surface area contributed by atoms with E-state index in [1.807, 2.05) is 0 Å². The first-order valence-corrected chi connectivity index (χ1v) is 11.4. The maximum absolute atomic E-state index is 12.1. The fourth-order valence-corrected chi connectivity index (χ4v) is 5.37. The number of benzene rings is 2. The Kier molecular flexibility index (Phi) is 6.64. The van der Waals surface area contributed by atoms with Gasteiger partial charge in [-0.3, -0.25) is 9.12 Å². The highest BCUT2D eigenvalue weighted by atomic mass is 35.5. The monoisotopic (exact) mass is 498 g/mol. The SMILES string of the molecule is O=P(O)(O)C(c1ccc(S(=O)(=O)O)cc1)c1c(Cl)c(Cl)c(Cl)c(Cl)c1Cl. The molecule has 3 N–H and O–H groups in total. The topological polar surface area (TPSA) is 112 Å². The van der Waals surface area contributed by atoms with Gasteiger partial charge in [0.15, 0.2) is 0 Å². The summed E-state index contributed by atoms with van der Waals surface area (Å²) in [5.74, 6) is 0. The van der Waals surface area contributed by atoms with Gasteiger partial charge in [0, 0.05) is 5.56 Å². The molecule has 0 radical (unpaired) electrons. The third kappa shape index (κ3) is 4.33. The lowest BCUT2D eigenvalue weighted by atomic mass is 10.0. The van der Waals surface area contributed by atoms with E-state index in [4.69, 9.17) is 62.6 Å². The summed E-state index contributed by atoms with van der Waals surface area (Å²) < 4.78 is 43.4. The predicted octanol–water partition coefficient (Wildman–Crippen LogP) is 5.47. The van der Waals surface area contributed by atoms with Crippen LogP contribution in [-0.4, -0.2) is 22.8 Å². The van der Waals surface area contributed by atoms with Crippen LogP contribution in [0.2, 0.25) is 25.1 Å². The molecule has 0 amide bonds. The molecule has 0 aromatic heterocycles. The molecule has 2 rings (SSSR count). The van der Waals surface area contributed by atoms with Gasteiger partial charge in [-0.15, -0.1) is 0 Å². The highest BCUT2D eigenvalue weighted by Crippen LogP contribution is 2.60. The fourth-order valence-electron chi connectivity index (χ4n) is 2.21. The Balaban J connectivity index is 2.79. The van der Waals surface area contributed by atoms with Crippen molar-refractivity contribution in [1.82, 2.24) is 0 Å². The summed E-state index contributed by atoms with van der Waals surface area (Å²) in [6.45, 7) is 0. The van der Waals surface area contributed by atoms with Crippen molar-refractivity contribution in [2.45, 2.75) is 10.6 Å². The minimum absolute atomic E-state index is 0.0380. The Hall–Kier alpha value is -0.0500. The largest absolute Gasteiger partial charge is 0.337 e. The van der Waals surface area contributed by atoms with Crippen LogP contribution >= 0.6 is 65.6 Å². The maximum Gasteiger partial charge on any atom is 0.337 e. The van der Waals surface area contributed by atoms with Gasteiger partial charge in [0.05, 0.1) is 30.0 Å². The van der Waals surface area contributed by atoms with Gasteiger partial charge in [-0.2, -0.15) is 8.42 Å². The lowest BCUT2D eigenvalue weighted by Gasteiger charge is -2.23. The molecule has 0 fully saturated rings. The van der Waals surface area contributed by atoms with Gasteiger partial charge in [0.25, 0.3) is 10.1 Å². The molecular formula is C13H8Cl5O6PS. The van der Waals surface area contributed by atoms with Crippen LogP contribution in [0.1, 0.15) is 16.8 Å². The Morgan fingerprint density at radius 2 is 1.19 bits per heavy atom. The Labute approximate surface area is 173 Å². The number of rotatable bonds is 4. The van der Waals surface area contributed by atoms with Crippen molar-refractivity contribution in [3.05, 3.63) is 60.5 Å². The molecule has 2 aromatic carbocycles. The standard InChI is InChI=1S/C13H8Cl5O6PS/c14-8-7(9(15)11(17)12(18)10(8)16)13(25(19,20)21)5-1-3-6(4-2-5)26(22,23)24/h1-4,13H,(H2,19,20,21)(H,22,23,24). The first kappa shape index (κ1) is 22.2. The Morgan fingerprint density at radius 1 is 0.808 bits per heavy atom. The molecule has 0 heterocycles. The van der Waals surface area contributed by atoms with E-state index in [9.17, 15) is 22.8 Å². The van der Waals surface area contributed by atoms with E-state index in [1.54, 1.807) is 0 Å². The minimum Gasteiger partial charge on any atom is -0.324 e. The van der Waals surface area contributed by atoms with Gasteiger partial charge in [0.2, 0.25) is 0 Å². The van der Waals surface area contributed by atoms with Crippen molar-refractivity contribution in [2.75, 3.05) is 0 Å². The second-order valence-corrected chi connectivity index (χ2v) is 10.0. The average molecular weight is 501 g/mol. The van der Waals surface area contributed by atoms with Crippen LogP contribution in [0.5, 0.6) is 0 Å². The van der Waals surface area contributed by atoms with Crippen molar-refractivity contribution >= 4 is 75.7 Å². The van der Waals surface area contributed by atoms with Crippen molar-refractivity contribution in [3.63, 3.8) is 0 Å². The summed E-state index contributed by atoms with van der Waals surface area (Å²) in [5.41, 5.74) is -2.00. The van der Waals surface area contributed by atoms with Crippen molar-refractivity contribution < 1.29 is 27.3 Å². The molecule has 0 bridgehead atoms. The number of halogens is 5. The second kappa shape index (κ2) is 7.76. The van der Waals surface area contributed by atoms with E-state index in [0.717, 1.165) is 24.3 Å². The van der Waals surface area contributed by atoms with E-state index in [-0.39, 0.29) is 36.2 Å². The average Bonchev–Trinajstić information content (AvgIpc) is 2.53. The third-order valence-corrected chi connectivity index (χ3v) is 7.75. The van der Waals surface area contributed by atoms with Crippen LogP contribution in [0.25, 0.3) is 0 Å². The molecule has 2 aromatic rings. The molecule has 0 aliphatic heterocycles. The second-order valence-electron chi connectivity index (χ2n) is 5.02. The lowest BCUT2D eigenvalue weighted by Crippen LogP contribution is -2.06. The summed E-state index contributed by atoms with van der Waals surface area (Å²) >= 11 is 30.0. The minimum atomic E-state index is -4.93. The summed E-state index contributed by atoms with van der Waals surface area (Å²) in [5, 5.41) is -1.29. The van der Waals surface area contributed by atoms with E-state index in [2.05, 4.69) is 0 Å². The molecule has 13 heteroatoms. The molecule has 1 atom stereocenters.